The van der Waals surface area contributed by atoms with Crippen molar-refractivity contribution in [1.82, 2.24) is 0 Å². The van der Waals surface area contributed by atoms with Gasteiger partial charge in [-0.2, -0.15) is 0 Å². The lowest BCUT2D eigenvalue weighted by Gasteiger charge is -2.14. The second-order valence-electron chi connectivity index (χ2n) is 3.02. The Morgan fingerprint density at radius 1 is 1.88 bits per heavy atom. The van der Waals surface area contributed by atoms with Crippen LogP contribution in [-0.2, 0) is 0 Å². The van der Waals surface area contributed by atoms with E-state index in [4.69, 9.17) is 3.70 Å². The summed E-state index contributed by atoms with van der Waals surface area (Å²) in [5, 5.41) is -0.294. The van der Waals surface area contributed by atoms with Crippen LogP contribution in [0.5, 0.6) is 0 Å². The van der Waals surface area contributed by atoms with Crippen LogP contribution in [0, 0.1) is 5.92 Å². The van der Waals surface area contributed by atoms with Crippen molar-refractivity contribution in [2.45, 2.75) is 24.3 Å². The first-order chi connectivity index (χ1) is 5.04. The van der Waals surface area contributed by atoms with E-state index < -0.39 is 10.0 Å². The third kappa shape index (κ3) is 0.509. The lowest BCUT2D eigenvalue weighted by Crippen LogP contribution is -1.99. The second-order valence-corrected chi connectivity index (χ2v) is 4.01. The fourth-order valence-electron chi connectivity index (χ4n) is 1.75. The molecule has 2 atom stereocenters. The molecule has 0 heterocycles. The van der Waals surface area contributed by atoms with Crippen molar-refractivity contribution in [3.8, 4) is 0 Å². The van der Waals surface area contributed by atoms with E-state index in [2.05, 4.69) is 6.08 Å². The molecule has 2 aliphatic carbocycles. The van der Waals surface area contributed by atoms with Gasteiger partial charge in [0.2, 0.25) is 0 Å². The molecule has 2 bridgehead atoms. The van der Waals surface area contributed by atoms with E-state index in [1.807, 2.05) is 6.08 Å². The molecule has 2 unspecified atom stereocenters. The van der Waals surface area contributed by atoms with Crippen LogP contribution in [0.25, 0.3) is 0 Å². The van der Waals surface area contributed by atoms with Crippen LogP contribution < -0.4 is 0 Å². The zero-order valence-electron chi connectivity index (χ0n) is 7.85. The Morgan fingerprint density at radius 3 is 3.12 bits per heavy atom. The summed E-state index contributed by atoms with van der Waals surface area (Å²) < 4.78 is 22.6. The van der Waals surface area contributed by atoms with Gasteiger partial charge in [0, 0.05) is 13.7 Å². The van der Waals surface area contributed by atoms with Gasteiger partial charge in [-0.25, -0.2) is 0 Å². The molecule has 0 radical (unpaired) electrons. The second kappa shape index (κ2) is 1.27. The molecule has 0 aliphatic heterocycles. The summed E-state index contributed by atoms with van der Waals surface area (Å²) in [5.41, 5.74) is 0. The van der Waals surface area contributed by atoms with E-state index in [0.29, 0.717) is 5.92 Å². The summed E-state index contributed by atoms with van der Waals surface area (Å²) in [5.74, 6) is 0.600. The van der Waals surface area contributed by atoms with E-state index in [1.54, 1.807) is 0 Å². The summed E-state index contributed by atoms with van der Waals surface area (Å²) in [6, 6.07) is 0. The Labute approximate surface area is 57.1 Å². The molecule has 8 heavy (non-hydrogen) atoms. The zero-order valence-corrected chi connectivity index (χ0v) is 5.85. The van der Waals surface area contributed by atoms with Crippen LogP contribution in [-0.4, -0.2) is 13.7 Å². The molecule has 0 saturated heterocycles. The van der Waals surface area contributed by atoms with Gasteiger partial charge in [-0.05, 0) is 30.2 Å². The van der Waals surface area contributed by atoms with Crippen molar-refractivity contribution >= 4 is 10.0 Å². The Balaban J connectivity index is 2.31. The molecule has 0 spiro atoms. The third-order valence-corrected chi connectivity index (χ3v) is 2.90. The molecule has 0 aromatic heterocycles. The molecule has 0 N–H and O–H groups in total. The van der Waals surface area contributed by atoms with Gasteiger partial charge in [0.15, 0.2) is 0 Å². The maximum atomic E-state index is 7.52. The largest absolute Gasteiger partial charge is 0.0857 e. The van der Waals surface area contributed by atoms with Crippen LogP contribution in [0.4, 0.5) is 0 Å². The monoisotopic (exact) mass is 130 g/mol. The van der Waals surface area contributed by atoms with Gasteiger partial charge in [0.25, 0.3) is 0 Å². The molecule has 0 aromatic carbocycles. The summed E-state index contributed by atoms with van der Waals surface area (Å²) in [6.07, 6.45) is 7.07. The number of hydrogen-bond acceptors (Lipinski definition) is 0. The van der Waals surface area contributed by atoms with Gasteiger partial charge in [-0.1, -0.05) is 12.2 Å². The Hall–Kier alpha value is -0.0431. The highest BCUT2D eigenvalue weighted by molar-refractivity contribution is 6.17. The molecule has 1 saturated carbocycles. The predicted octanol–water partition coefficient (Wildman–Crippen LogP) is 0.880. The van der Waals surface area contributed by atoms with Crippen LogP contribution >= 0.6 is 0 Å². The van der Waals surface area contributed by atoms with Crippen LogP contribution in [0.1, 0.15) is 19.3 Å². The van der Waals surface area contributed by atoms with Gasteiger partial charge >= 0.3 is 0 Å². The first-order valence-corrected chi connectivity index (χ1v) is 3.73. The molecule has 44 valence electrons. The summed E-state index contributed by atoms with van der Waals surface area (Å²) in [4.78, 5) is 0. The minimum Gasteiger partial charge on any atom is -0.0857 e. The van der Waals surface area contributed by atoms with Gasteiger partial charge in [0.05, 0.1) is 0 Å². The Kier molecular flexibility index (Phi) is 0.427. The minimum absolute atomic E-state index is 0.294. The number of fused-ring (bicyclic) bond motifs is 2. The van der Waals surface area contributed by atoms with Crippen molar-refractivity contribution in [2.75, 3.05) is 0 Å². The summed E-state index contributed by atoms with van der Waals surface area (Å²) in [7, 11) is -3.17. The third-order valence-electron chi connectivity index (χ3n) is 2.28. The Bertz CT molecular complexity index is 208. The first kappa shape index (κ1) is 2.69. The van der Waals surface area contributed by atoms with Crippen molar-refractivity contribution in [2.24, 2.45) is 5.92 Å². The van der Waals surface area contributed by atoms with E-state index in [0.717, 1.165) is 19.3 Å². The molecular weight excluding hydrogens is 112 g/mol. The van der Waals surface area contributed by atoms with Gasteiger partial charge in [0.1, 0.15) is 0 Å². The number of hydrogen-bond donors (Lipinski definition) is 0. The fraction of sp³-hybridized carbons (Fsp3) is 0.714. The minimum atomic E-state index is -3.17. The molecular formula is C7H12Si. The van der Waals surface area contributed by atoms with Crippen LogP contribution in [0.3, 0.4) is 0 Å². The number of allylic oxidation sites excluding steroid dienone is 2. The summed E-state index contributed by atoms with van der Waals surface area (Å²) in [6.45, 7) is 0. The quantitative estimate of drug-likeness (QED) is 0.365. The SMILES string of the molecule is [3H][Si]([3H])([3H])C12C=CC(CC1)C2. The van der Waals surface area contributed by atoms with E-state index >= 15 is 0 Å². The van der Waals surface area contributed by atoms with Crippen molar-refractivity contribution < 1.29 is 0 Å². The maximum Gasteiger partial charge on any atom is 0.0154 e. The predicted molar refractivity (Wildman–Crippen MR) is 39.1 cm³/mol. The standard InChI is InChI=1S/C7H12Si/c8-7-3-1-6(5-7)2-4-7/h1,3,6H,2,4-5H2,8H3/i8T3. The van der Waals surface area contributed by atoms with Gasteiger partial charge < -0.3 is 0 Å². The average molecular weight is 130 g/mol. The lowest BCUT2D eigenvalue weighted by atomic mass is 10.1. The zero-order chi connectivity index (χ0) is 8.11. The van der Waals surface area contributed by atoms with Crippen molar-refractivity contribution in [3.63, 3.8) is 0 Å². The highest BCUT2D eigenvalue weighted by Gasteiger charge is 2.35. The van der Waals surface area contributed by atoms with Gasteiger partial charge in [-0.15, -0.1) is 0 Å². The van der Waals surface area contributed by atoms with Crippen LogP contribution in [0.2, 0.25) is 5.04 Å². The molecule has 2 rings (SSSR count). The molecule has 1 fully saturated rings. The highest BCUT2D eigenvalue weighted by Crippen LogP contribution is 2.52. The molecule has 0 aromatic rings. The Morgan fingerprint density at radius 2 is 2.88 bits per heavy atom. The fourth-order valence-corrected chi connectivity index (χ4v) is 2.25. The maximum absolute atomic E-state index is 7.52. The smallest absolute Gasteiger partial charge is 0.0154 e. The van der Waals surface area contributed by atoms with Gasteiger partial charge in [-0.3, -0.25) is 0 Å². The topological polar surface area (TPSA) is 0 Å². The van der Waals surface area contributed by atoms with Crippen molar-refractivity contribution in [3.05, 3.63) is 12.2 Å². The summed E-state index contributed by atoms with van der Waals surface area (Å²) >= 11 is 0. The van der Waals surface area contributed by atoms with Crippen LogP contribution in [0.15, 0.2) is 12.2 Å². The average Bonchev–Trinajstić information content (AvgIpc) is 2.42. The van der Waals surface area contributed by atoms with Crippen molar-refractivity contribution in [1.29, 1.82) is 3.70 Å². The molecule has 0 amide bonds. The number of rotatable bonds is 1. The molecule has 2 aliphatic rings. The highest BCUT2D eigenvalue weighted by atomic mass is 28.1. The van der Waals surface area contributed by atoms with E-state index in [9.17, 15) is 0 Å². The molecule has 1 heteroatoms. The lowest BCUT2D eigenvalue weighted by molar-refractivity contribution is 0.698. The van der Waals surface area contributed by atoms with E-state index in [1.165, 1.54) is 0 Å². The molecule has 0 nitrogen and oxygen atoms in total. The first-order valence-electron chi connectivity index (χ1n) is 4.73. The normalized spacial score (nSPS) is 58.0. The van der Waals surface area contributed by atoms with E-state index in [-0.39, 0.29) is 5.04 Å².